The zero-order valence-corrected chi connectivity index (χ0v) is 19.4. The Bertz CT molecular complexity index is 700. The summed E-state index contributed by atoms with van der Waals surface area (Å²) in [6.07, 6.45) is 22.6. The van der Waals surface area contributed by atoms with Gasteiger partial charge in [0.05, 0.1) is 0 Å². The van der Waals surface area contributed by atoms with Gasteiger partial charge in [-0.05, 0) is 54.2 Å². The SMILES string of the molecule is CCCCCCCc1ccc(C2=CCC(C(=O)CCC3CCC(C)CC3)C=C2)cc1. The molecule has 164 valence electrons. The fourth-order valence-corrected chi connectivity index (χ4v) is 5.02. The maximum Gasteiger partial charge on any atom is 0.140 e. The molecule has 0 spiro atoms. The third-order valence-corrected chi connectivity index (χ3v) is 7.30. The smallest absolute Gasteiger partial charge is 0.140 e. The molecular formula is C29H42O. The lowest BCUT2D eigenvalue weighted by Crippen LogP contribution is -2.17. The Morgan fingerprint density at radius 1 is 0.967 bits per heavy atom. The first kappa shape index (κ1) is 23.0. The Labute approximate surface area is 185 Å². The van der Waals surface area contributed by atoms with E-state index >= 15 is 0 Å². The fraction of sp³-hybridized carbons (Fsp3) is 0.621. The number of ketones is 1. The van der Waals surface area contributed by atoms with Gasteiger partial charge in [0.2, 0.25) is 0 Å². The number of hydrogen-bond acceptors (Lipinski definition) is 1. The summed E-state index contributed by atoms with van der Waals surface area (Å²) in [6, 6.07) is 9.08. The summed E-state index contributed by atoms with van der Waals surface area (Å²) in [5, 5.41) is 0. The van der Waals surface area contributed by atoms with Crippen molar-refractivity contribution in [3.63, 3.8) is 0 Å². The van der Waals surface area contributed by atoms with E-state index in [4.69, 9.17) is 0 Å². The molecule has 1 aromatic rings. The zero-order valence-electron chi connectivity index (χ0n) is 19.4. The van der Waals surface area contributed by atoms with Gasteiger partial charge in [0.1, 0.15) is 5.78 Å². The summed E-state index contributed by atoms with van der Waals surface area (Å²) in [4.78, 5) is 12.7. The molecular weight excluding hydrogens is 364 g/mol. The van der Waals surface area contributed by atoms with Gasteiger partial charge in [-0.3, -0.25) is 4.79 Å². The molecule has 3 rings (SSSR count). The third-order valence-electron chi connectivity index (χ3n) is 7.30. The van der Waals surface area contributed by atoms with Gasteiger partial charge in [0, 0.05) is 12.3 Å². The van der Waals surface area contributed by atoms with Gasteiger partial charge in [-0.15, -0.1) is 0 Å². The lowest BCUT2D eigenvalue weighted by Gasteiger charge is -2.26. The summed E-state index contributed by atoms with van der Waals surface area (Å²) in [5.41, 5.74) is 4.00. The molecule has 0 amide bonds. The van der Waals surface area contributed by atoms with Crippen LogP contribution in [0.15, 0.2) is 42.5 Å². The molecule has 1 aromatic carbocycles. The van der Waals surface area contributed by atoms with Crippen LogP contribution < -0.4 is 0 Å². The molecule has 1 heteroatoms. The molecule has 2 aliphatic carbocycles. The highest BCUT2D eigenvalue weighted by Gasteiger charge is 2.22. The number of carbonyl (C=O) groups is 1. The first-order valence-corrected chi connectivity index (χ1v) is 12.7. The van der Waals surface area contributed by atoms with E-state index in [1.54, 1.807) is 0 Å². The van der Waals surface area contributed by atoms with Crippen molar-refractivity contribution in [1.82, 2.24) is 0 Å². The number of carbonyl (C=O) groups excluding carboxylic acids is 1. The summed E-state index contributed by atoms with van der Waals surface area (Å²) < 4.78 is 0. The predicted octanol–water partition coefficient (Wildman–Crippen LogP) is 8.33. The number of unbranched alkanes of at least 4 members (excludes halogenated alkanes) is 4. The maximum absolute atomic E-state index is 12.7. The lowest BCUT2D eigenvalue weighted by atomic mass is 9.79. The molecule has 30 heavy (non-hydrogen) atoms. The zero-order chi connectivity index (χ0) is 21.2. The number of hydrogen-bond donors (Lipinski definition) is 0. The highest BCUT2D eigenvalue weighted by Crippen LogP contribution is 2.32. The van der Waals surface area contributed by atoms with Crippen molar-refractivity contribution in [3.8, 4) is 0 Å². The average molecular weight is 407 g/mol. The van der Waals surface area contributed by atoms with Crippen molar-refractivity contribution < 1.29 is 4.79 Å². The van der Waals surface area contributed by atoms with E-state index in [2.05, 4.69) is 56.3 Å². The Morgan fingerprint density at radius 2 is 1.70 bits per heavy atom. The van der Waals surface area contributed by atoms with Gasteiger partial charge in [-0.2, -0.15) is 0 Å². The second-order valence-corrected chi connectivity index (χ2v) is 9.85. The van der Waals surface area contributed by atoms with Gasteiger partial charge < -0.3 is 0 Å². The molecule has 1 nitrogen and oxygen atoms in total. The fourth-order valence-electron chi connectivity index (χ4n) is 5.02. The Morgan fingerprint density at radius 3 is 2.37 bits per heavy atom. The highest BCUT2D eigenvalue weighted by molar-refractivity contribution is 5.86. The summed E-state index contributed by atoms with van der Waals surface area (Å²) in [6.45, 7) is 4.63. The second kappa shape index (κ2) is 12.3. The molecule has 1 atom stereocenters. The topological polar surface area (TPSA) is 17.1 Å². The van der Waals surface area contributed by atoms with Crippen LogP contribution in [0.2, 0.25) is 0 Å². The summed E-state index contributed by atoms with van der Waals surface area (Å²) >= 11 is 0. The minimum atomic E-state index is 0.0960. The van der Waals surface area contributed by atoms with E-state index in [0.29, 0.717) is 5.78 Å². The first-order valence-electron chi connectivity index (χ1n) is 12.7. The number of benzene rings is 1. The van der Waals surface area contributed by atoms with Gasteiger partial charge in [-0.1, -0.05) is 108 Å². The van der Waals surface area contributed by atoms with E-state index in [9.17, 15) is 4.79 Å². The number of Topliss-reactive ketones (excluding diaryl/α,β-unsaturated/α-hetero) is 1. The number of aryl methyl sites for hydroxylation is 1. The quantitative estimate of drug-likeness (QED) is 0.337. The minimum absolute atomic E-state index is 0.0960. The molecule has 1 saturated carbocycles. The van der Waals surface area contributed by atoms with Crippen LogP contribution in [0.4, 0.5) is 0 Å². The molecule has 0 N–H and O–H groups in total. The standard InChI is InChI=1S/C29H42O/c1-3-4-5-6-7-8-24-13-16-26(17-14-24)27-18-20-28(21-19-27)29(30)22-15-25-11-9-23(2)10-12-25/h13-14,16-20,23,25,28H,3-12,15,21-22H2,1-2H3. The molecule has 0 heterocycles. The van der Waals surface area contributed by atoms with Crippen molar-refractivity contribution in [1.29, 1.82) is 0 Å². The molecule has 1 fully saturated rings. The molecule has 0 bridgehead atoms. The Kier molecular flexibility index (Phi) is 9.43. The van der Waals surface area contributed by atoms with E-state index < -0.39 is 0 Å². The van der Waals surface area contributed by atoms with Gasteiger partial charge in [-0.25, -0.2) is 0 Å². The molecule has 0 aliphatic heterocycles. The first-order chi connectivity index (χ1) is 14.7. The van der Waals surface area contributed by atoms with E-state index in [1.807, 2.05) is 0 Å². The average Bonchev–Trinajstić information content (AvgIpc) is 2.79. The molecule has 0 aromatic heterocycles. The highest BCUT2D eigenvalue weighted by atomic mass is 16.1. The molecule has 0 radical (unpaired) electrons. The van der Waals surface area contributed by atoms with E-state index in [-0.39, 0.29) is 5.92 Å². The van der Waals surface area contributed by atoms with Gasteiger partial charge in [0.15, 0.2) is 0 Å². The number of rotatable bonds is 11. The van der Waals surface area contributed by atoms with Gasteiger partial charge in [0.25, 0.3) is 0 Å². The Balaban J connectivity index is 1.40. The second-order valence-electron chi connectivity index (χ2n) is 9.85. The van der Waals surface area contributed by atoms with Crippen molar-refractivity contribution in [2.45, 2.75) is 97.3 Å². The van der Waals surface area contributed by atoms with Crippen molar-refractivity contribution >= 4 is 11.4 Å². The van der Waals surface area contributed by atoms with Crippen LogP contribution in [0, 0.1) is 17.8 Å². The van der Waals surface area contributed by atoms with Crippen LogP contribution in [0.3, 0.4) is 0 Å². The monoisotopic (exact) mass is 406 g/mol. The summed E-state index contributed by atoms with van der Waals surface area (Å²) in [7, 11) is 0. The molecule has 2 aliphatic rings. The lowest BCUT2D eigenvalue weighted by molar-refractivity contribution is -0.121. The van der Waals surface area contributed by atoms with Crippen LogP contribution in [-0.2, 0) is 11.2 Å². The van der Waals surface area contributed by atoms with Crippen molar-refractivity contribution in [2.24, 2.45) is 17.8 Å². The number of allylic oxidation sites excluding steroid dienone is 4. The van der Waals surface area contributed by atoms with Crippen LogP contribution in [0.1, 0.15) is 102 Å². The van der Waals surface area contributed by atoms with Crippen LogP contribution in [0.25, 0.3) is 5.57 Å². The van der Waals surface area contributed by atoms with Gasteiger partial charge >= 0.3 is 0 Å². The van der Waals surface area contributed by atoms with Crippen LogP contribution >= 0.6 is 0 Å². The Hall–Kier alpha value is -1.63. The van der Waals surface area contributed by atoms with Crippen molar-refractivity contribution in [3.05, 3.63) is 53.6 Å². The minimum Gasteiger partial charge on any atom is -0.299 e. The van der Waals surface area contributed by atoms with Crippen LogP contribution in [0.5, 0.6) is 0 Å². The van der Waals surface area contributed by atoms with Crippen LogP contribution in [-0.4, -0.2) is 5.78 Å². The van der Waals surface area contributed by atoms with Crippen molar-refractivity contribution in [2.75, 3.05) is 0 Å². The largest absolute Gasteiger partial charge is 0.299 e. The normalized spacial score (nSPS) is 23.9. The van der Waals surface area contributed by atoms with E-state index in [1.165, 1.54) is 80.9 Å². The van der Waals surface area contributed by atoms with E-state index in [0.717, 1.165) is 31.1 Å². The maximum atomic E-state index is 12.7. The summed E-state index contributed by atoms with van der Waals surface area (Å²) in [5.74, 6) is 2.22. The molecule has 1 unspecified atom stereocenters. The predicted molar refractivity (Wildman–Crippen MR) is 129 cm³/mol. The molecule has 0 saturated heterocycles. The third kappa shape index (κ3) is 7.25.